The molecule has 0 aliphatic heterocycles. The molecule has 0 N–H and O–H groups in total. The van der Waals surface area contributed by atoms with E-state index in [0.717, 1.165) is 12.3 Å². The van der Waals surface area contributed by atoms with Crippen molar-refractivity contribution in [2.24, 2.45) is 11.8 Å². The largest absolute Gasteiger partial charge is 0.207 e. The van der Waals surface area contributed by atoms with Gasteiger partial charge in [-0.15, -0.1) is 0 Å². The zero-order chi connectivity index (χ0) is 8.97. The Morgan fingerprint density at radius 2 is 2.42 bits per heavy atom. The molecular formula is C11H17F. The predicted molar refractivity (Wildman–Crippen MR) is 50.5 cm³/mol. The highest BCUT2D eigenvalue weighted by Crippen LogP contribution is 2.24. The maximum atomic E-state index is 12.6. The minimum atomic E-state index is -0.0737. The van der Waals surface area contributed by atoms with E-state index >= 15 is 0 Å². The molecule has 0 saturated heterocycles. The van der Waals surface area contributed by atoms with Crippen LogP contribution in [-0.4, -0.2) is 0 Å². The molecule has 1 aliphatic carbocycles. The molecule has 68 valence electrons. The van der Waals surface area contributed by atoms with Crippen LogP contribution in [0.1, 0.15) is 33.1 Å². The van der Waals surface area contributed by atoms with Crippen molar-refractivity contribution < 1.29 is 4.39 Å². The van der Waals surface area contributed by atoms with Gasteiger partial charge in [-0.1, -0.05) is 26.3 Å². The highest BCUT2D eigenvalue weighted by atomic mass is 19.1. The third kappa shape index (κ3) is 2.80. The van der Waals surface area contributed by atoms with Crippen LogP contribution in [0.25, 0.3) is 0 Å². The van der Waals surface area contributed by atoms with Crippen molar-refractivity contribution in [3.63, 3.8) is 0 Å². The standard InChI is InChI=1S/C11H17F/c1-3-9(2)8-10-4-6-11(12)7-5-10/h4,6-7,9-10H,3,5,8H2,1-2H3. The normalized spacial score (nSPS) is 25.2. The first-order chi connectivity index (χ1) is 5.72. The number of allylic oxidation sites excluding steroid dienone is 4. The summed E-state index contributed by atoms with van der Waals surface area (Å²) < 4.78 is 12.6. The van der Waals surface area contributed by atoms with Gasteiger partial charge in [0.05, 0.1) is 0 Å². The molecule has 0 nitrogen and oxygen atoms in total. The van der Waals surface area contributed by atoms with Crippen LogP contribution in [0.2, 0.25) is 0 Å². The van der Waals surface area contributed by atoms with Gasteiger partial charge in [-0.25, -0.2) is 4.39 Å². The number of hydrogen-bond acceptors (Lipinski definition) is 0. The van der Waals surface area contributed by atoms with Crippen LogP contribution in [0.15, 0.2) is 24.1 Å². The summed E-state index contributed by atoms with van der Waals surface area (Å²) in [6.07, 6.45) is 8.57. The average molecular weight is 168 g/mol. The van der Waals surface area contributed by atoms with E-state index in [2.05, 4.69) is 13.8 Å². The van der Waals surface area contributed by atoms with Crippen molar-refractivity contribution in [1.29, 1.82) is 0 Å². The van der Waals surface area contributed by atoms with Crippen LogP contribution >= 0.6 is 0 Å². The van der Waals surface area contributed by atoms with Gasteiger partial charge in [0.15, 0.2) is 0 Å². The Labute approximate surface area is 74.2 Å². The zero-order valence-electron chi connectivity index (χ0n) is 7.89. The lowest BCUT2D eigenvalue weighted by Gasteiger charge is -2.17. The van der Waals surface area contributed by atoms with Crippen molar-refractivity contribution in [1.82, 2.24) is 0 Å². The van der Waals surface area contributed by atoms with E-state index in [0.29, 0.717) is 5.92 Å². The van der Waals surface area contributed by atoms with Crippen LogP contribution in [0.5, 0.6) is 0 Å². The maximum absolute atomic E-state index is 12.6. The predicted octanol–water partition coefficient (Wildman–Crippen LogP) is 3.85. The van der Waals surface area contributed by atoms with Crippen molar-refractivity contribution in [2.75, 3.05) is 0 Å². The lowest BCUT2D eigenvalue weighted by Crippen LogP contribution is -2.04. The van der Waals surface area contributed by atoms with Gasteiger partial charge in [0.1, 0.15) is 5.83 Å². The van der Waals surface area contributed by atoms with Gasteiger partial charge in [-0.05, 0) is 36.8 Å². The van der Waals surface area contributed by atoms with Gasteiger partial charge < -0.3 is 0 Å². The van der Waals surface area contributed by atoms with E-state index in [1.54, 1.807) is 12.2 Å². The highest BCUT2D eigenvalue weighted by Gasteiger charge is 2.11. The van der Waals surface area contributed by atoms with Crippen molar-refractivity contribution in [3.8, 4) is 0 Å². The van der Waals surface area contributed by atoms with Gasteiger partial charge in [0.25, 0.3) is 0 Å². The van der Waals surface area contributed by atoms with Gasteiger partial charge in [0.2, 0.25) is 0 Å². The lowest BCUT2D eigenvalue weighted by molar-refractivity contribution is 0.431. The smallest absolute Gasteiger partial charge is 0.118 e. The maximum Gasteiger partial charge on any atom is 0.118 e. The van der Waals surface area contributed by atoms with E-state index in [1.165, 1.54) is 12.8 Å². The monoisotopic (exact) mass is 168 g/mol. The number of rotatable bonds is 3. The van der Waals surface area contributed by atoms with Crippen LogP contribution in [0, 0.1) is 11.8 Å². The summed E-state index contributed by atoms with van der Waals surface area (Å²) in [5, 5.41) is 0. The minimum absolute atomic E-state index is 0.0737. The van der Waals surface area contributed by atoms with E-state index in [-0.39, 0.29) is 5.83 Å². The fraction of sp³-hybridized carbons (Fsp3) is 0.636. The van der Waals surface area contributed by atoms with Crippen LogP contribution in [-0.2, 0) is 0 Å². The average Bonchev–Trinajstić information content (AvgIpc) is 2.09. The van der Waals surface area contributed by atoms with Crippen molar-refractivity contribution in [3.05, 3.63) is 24.1 Å². The molecule has 12 heavy (non-hydrogen) atoms. The molecule has 0 heterocycles. The van der Waals surface area contributed by atoms with Crippen LogP contribution in [0.4, 0.5) is 4.39 Å². The molecule has 2 atom stereocenters. The quantitative estimate of drug-likeness (QED) is 0.600. The number of halogens is 1. The minimum Gasteiger partial charge on any atom is -0.207 e. The summed E-state index contributed by atoms with van der Waals surface area (Å²) >= 11 is 0. The van der Waals surface area contributed by atoms with Crippen LogP contribution in [0.3, 0.4) is 0 Å². The van der Waals surface area contributed by atoms with Gasteiger partial charge in [-0.3, -0.25) is 0 Å². The molecule has 0 bridgehead atoms. The number of hydrogen-bond donors (Lipinski definition) is 0. The fourth-order valence-electron chi connectivity index (χ4n) is 1.50. The Bertz CT molecular complexity index is 191. The highest BCUT2D eigenvalue weighted by molar-refractivity contribution is 5.17. The summed E-state index contributed by atoms with van der Waals surface area (Å²) in [6, 6.07) is 0. The van der Waals surface area contributed by atoms with Crippen LogP contribution < -0.4 is 0 Å². The Morgan fingerprint density at radius 3 is 2.92 bits per heavy atom. The molecule has 1 heteroatoms. The molecule has 1 aliphatic rings. The Morgan fingerprint density at radius 1 is 1.67 bits per heavy atom. The third-order valence-corrected chi connectivity index (χ3v) is 2.55. The molecule has 1 rings (SSSR count). The van der Waals surface area contributed by atoms with Gasteiger partial charge in [-0.2, -0.15) is 0 Å². The first-order valence-corrected chi connectivity index (χ1v) is 4.76. The molecule has 0 amide bonds. The van der Waals surface area contributed by atoms with Gasteiger partial charge in [0, 0.05) is 0 Å². The second kappa shape index (κ2) is 4.44. The fourth-order valence-corrected chi connectivity index (χ4v) is 1.50. The molecule has 0 saturated carbocycles. The van der Waals surface area contributed by atoms with Crippen molar-refractivity contribution in [2.45, 2.75) is 33.1 Å². The molecule has 0 fully saturated rings. The van der Waals surface area contributed by atoms with E-state index < -0.39 is 0 Å². The first-order valence-electron chi connectivity index (χ1n) is 4.76. The molecule has 2 unspecified atom stereocenters. The summed E-state index contributed by atoms with van der Waals surface area (Å²) in [5.74, 6) is 1.25. The molecule has 0 radical (unpaired) electrons. The Balaban J connectivity index is 2.33. The SMILES string of the molecule is CCC(C)CC1C=CC(F)=CC1. The Hall–Kier alpha value is -0.590. The lowest BCUT2D eigenvalue weighted by atomic mass is 9.89. The summed E-state index contributed by atoms with van der Waals surface area (Å²) in [7, 11) is 0. The van der Waals surface area contributed by atoms with Gasteiger partial charge >= 0.3 is 0 Å². The molecule has 0 spiro atoms. The topological polar surface area (TPSA) is 0 Å². The molecule has 0 aromatic carbocycles. The Kier molecular flexibility index (Phi) is 3.51. The summed E-state index contributed by atoms with van der Waals surface area (Å²) in [5.41, 5.74) is 0. The molecular weight excluding hydrogens is 151 g/mol. The summed E-state index contributed by atoms with van der Waals surface area (Å²) in [6.45, 7) is 4.45. The third-order valence-electron chi connectivity index (χ3n) is 2.55. The molecule has 0 aromatic heterocycles. The van der Waals surface area contributed by atoms with E-state index in [4.69, 9.17) is 0 Å². The molecule has 0 aromatic rings. The van der Waals surface area contributed by atoms with Crippen molar-refractivity contribution >= 4 is 0 Å². The zero-order valence-corrected chi connectivity index (χ0v) is 7.89. The second-order valence-electron chi connectivity index (χ2n) is 3.69. The first kappa shape index (κ1) is 9.50. The second-order valence-corrected chi connectivity index (χ2v) is 3.69. The van der Waals surface area contributed by atoms with E-state index in [1.807, 2.05) is 6.08 Å². The summed E-state index contributed by atoms with van der Waals surface area (Å²) in [4.78, 5) is 0. The van der Waals surface area contributed by atoms with E-state index in [9.17, 15) is 4.39 Å².